The number of ether oxygens (including phenoxy) is 1. The van der Waals surface area contributed by atoms with Crippen molar-refractivity contribution in [2.45, 2.75) is 13.5 Å². The average Bonchev–Trinajstić information content (AvgIpc) is 3.05. The number of hydrogen-bond donors (Lipinski definition) is 1. The molecule has 1 N–H and O–H groups in total. The Morgan fingerprint density at radius 3 is 2.62 bits per heavy atom. The fourth-order valence-electron chi connectivity index (χ4n) is 2.90. The van der Waals surface area contributed by atoms with E-state index >= 15 is 0 Å². The van der Waals surface area contributed by atoms with Crippen LogP contribution in [0.15, 0.2) is 64.8 Å². The number of hydrogen-bond acceptors (Lipinski definition) is 4. The Kier molecular flexibility index (Phi) is 6.47. The number of nitriles is 1. The van der Waals surface area contributed by atoms with Crippen LogP contribution < -0.4 is 5.32 Å². The zero-order valence-corrected chi connectivity index (χ0v) is 17.3. The summed E-state index contributed by atoms with van der Waals surface area (Å²) < 4.78 is 7.66. The Hall–Kier alpha value is -3.37. The largest absolute Gasteiger partial charge is 0.465 e. The van der Waals surface area contributed by atoms with Gasteiger partial charge < -0.3 is 14.6 Å². The normalized spacial score (nSPS) is 11.1. The molecule has 29 heavy (non-hydrogen) atoms. The van der Waals surface area contributed by atoms with Gasteiger partial charge in [-0.1, -0.05) is 34.1 Å². The fourth-order valence-corrected chi connectivity index (χ4v) is 3.17. The van der Waals surface area contributed by atoms with Crippen molar-refractivity contribution >= 4 is 50.5 Å². The van der Waals surface area contributed by atoms with E-state index in [4.69, 9.17) is 4.74 Å². The van der Waals surface area contributed by atoms with Gasteiger partial charge in [0.05, 0.1) is 6.61 Å². The second-order valence-corrected chi connectivity index (χ2v) is 7.08. The van der Waals surface area contributed by atoms with Crippen LogP contribution in [0.3, 0.4) is 0 Å². The van der Waals surface area contributed by atoms with Gasteiger partial charge in [-0.2, -0.15) is 5.26 Å². The first-order valence-electron chi connectivity index (χ1n) is 8.94. The first-order valence-corrected chi connectivity index (χ1v) is 9.73. The molecule has 0 atom stereocenters. The minimum Gasteiger partial charge on any atom is -0.465 e. The van der Waals surface area contributed by atoms with Crippen molar-refractivity contribution in [3.8, 4) is 6.07 Å². The van der Waals surface area contributed by atoms with Gasteiger partial charge >= 0.3 is 5.97 Å². The van der Waals surface area contributed by atoms with Crippen molar-refractivity contribution in [3.63, 3.8) is 0 Å². The molecule has 0 aliphatic rings. The molecule has 0 saturated heterocycles. The van der Waals surface area contributed by atoms with Crippen LogP contribution in [0.25, 0.3) is 17.0 Å². The number of halogens is 1. The molecule has 0 unspecified atom stereocenters. The number of carbonyl (C=O) groups excluding carboxylic acids is 2. The third-order valence-electron chi connectivity index (χ3n) is 4.19. The quantitative estimate of drug-likeness (QED) is 0.339. The van der Waals surface area contributed by atoms with E-state index in [0.717, 1.165) is 15.4 Å². The van der Waals surface area contributed by atoms with Gasteiger partial charge in [0.25, 0.3) is 5.91 Å². The first kappa shape index (κ1) is 20.4. The van der Waals surface area contributed by atoms with E-state index in [1.807, 2.05) is 30.3 Å². The Labute approximate surface area is 176 Å². The Morgan fingerprint density at radius 1 is 1.21 bits per heavy atom. The summed E-state index contributed by atoms with van der Waals surface area (Å²) in [5, 5.41) is 13.1. The van der Waals surface area contributed by atoms with Crippen LogP contribution in [-0.4, -0.2) is 23.1 Å². The zero-order valence-electron chi connectivity index (χ0n) is 15.7. The number of rotatable bonds is 6. The lowest BCUT2D eigenvalue weighted by atomic mass is 10.1. The number of para-hydroxylation sites is 1. The van der Waals surface area contributed by atoms with Crippen LogP contribution >= 0.6 is 15.9 Å². The summed E-state index contributed by atoms with van der Waals surface area (Å²) in [5.74, 6) is -0.852. The number of fused-ring (bicyclic) bond motifs is 1. The molecule has 0 spiro atoms. The third kappa shape index (κ3) is 4.92. The number of carbonyl (C=O) groups is 2. The van der Waals surface area contributed by atoms with Gasteiger partial charge in [-0.25, -0.2) is 0 Å². The molecule has 1 amide bonds. The van der Waals surface area contributed by atoms with Gasteiger partial charge in [0.1, 0.15) is 18.2 Å². The molecular formula is C22H18BrN3O3. The highest BCUT2D eigenvalue weighted by Crippen LogP contribution is 2.24. The number of benzene rings is 2. The molecule has 0 aliphatic carbocycles. The summed E-state index contributed by atoms with van der Waals surface area (Å²) in [7, 11) is 0. The van der Waals surface area contributed by atoms with Crippen molar-refractivity contribution < 1.29 is 14.3 Å². The van der Waals surface area contributed by atoms with E-state index in [9.17, 15) is 14.9 Å². The van der Waals surface area contributed by atoms with Crippen LogP contribution in [0, 0.1) is 11.3 Å². The standard InChI is InChI=1S/C22H18BrN3O3/c1-2-29-21(27)14-26-13-16(19-5-3-4-6-20(19)26)11-15(12-24)22(28)25-18-9-7-17(23)8-10-18/h3-11,13H,2,14H2,1H3,(H,25,28)/b15-11-. The molecule has 3 aromatic rings. The SMILES string of the molecule is CCOC(=O)Cn1cc(/C=C(/C#N)C(=O)Nc2ccc(Br)cc2)c2ccccc21. The van der Waals surface area contributed by atoms with Gasteiger partial charge in [-0.05, 0) is 43.3 Å². The minimum absolute atomic E-state index is 0.0352. The lowest BCUT2D eigenvalue weighted by Crippen LogP contribution is -2.13. The van der Waals surface area contributed by atoms with Crippen molar-refractivity contribution in [2.24, 2.45) is 0 Å². The fraction of sp³-hybridized carbons (Fsp3) is 0.136. The number of amides is 1. The molecular weight excluding hydrogens is 434 g/mol. The predicted molar refractivity (Wildman–Crippen MR) is 115 cm³/mol. The van der Waals surface area contributed by atoms with Crippen molar-refractivity contribution in [1.82, 2.24) is 4.57 Å². The van der Waals surface area contributed by atoms with E-state index in [2.05, 4.69) is 21.2 Å². The van der Waals surface area contributed by atoms with E-state index in [-0.39, 0.29) is 18.1 Å². The highest BCUT2D eigenvalue weighted by molar-refractivity contribution is 9.10. The first-order chi connectivity index (χ1) is 14.0. The summed E-state index contributed by atoms with van der Waals surface area (Å²) >= 11 is 3.34. The Morgan fingerprint density at radius 2 is 1.93 bits per heavy atom. The maximum Gasteiger partial charge on any atom is 0.325 e. The lowest BCUT2D eigenvalue weighted by molar-refractivity contribution is -0.143. The van der Waals surface area contributed by atoms with Crippen LogP contribution in [0.2, 0.25) is 0 Å². The second-order valence-electron chi connectivity index (χ2n) is 6.17. The maximum absolute atomic E-state index is 12.5. The summed E-state index contributed by atoms with van der Waals surface area (Å²) in [6, 6.07) is 16.5. The highest BCUT2D eigenvalue weighted by Gasteiger charge is 2.14. The smallest absolute Gasteiger partial charge is 0.325 e. The lowest BCUT2D eigenvalue weighted by Gasteiger charge is -2.04. The molecule has 146 valence electrons. The number of anilines is 1. The topological polar surface area (TPSA) is 84.1 Å². The van der Waals surface area contributed by atoms with Gasteiger partial charge in [0.15, 0.2) is 0 Å². The molecule has 1 aromatic heterocycles. The number of aromatic nitrogens is 1. The molecule has 2 aromatic carbocycles. The van der Waals surface area contributed by atoms with Crippen molar-refractivity contribution in [1.29, 1.82) is 5.26 Å². The molecule has 0 fully saturated rings. The Bertz CT molecular complexity index is 1120. The van der Waals surface area contributed by atoms with Crippen molar-refractivity contribution in [3.05, 3.63) is 70.3 Å². The van der Waals surface area contributed by atoms with E-state index < -0.39 is 5.91 Å². The minimum atomic E-state index is -0.503. The van der Waals surface area contributed by atoms with Crippen LogP contribution in [0.5, 0.6) is 0 Å². The van der Waals surface area contributed by atoms with Gasteiger partial charge in [-0.15, -0.1) is 0 Å². The highest BCUT2D eigenvalue weighted by atomic mass is 79.9. The van der Waals surface area contributed by atoms with Gasteiger partial charge in [0.2, 0.25) is 0 Å². The van der Waals surface area contributed by atoms with Gasteiger partial charge in [0, 0.05) is 32.8 Å². The van der Waals surface area contributed by atoms with Gasteiger partial charge in [-0.3, -0.25) is 9.59 Å². The number of esters is 1. The molecule has 0 aliphatic heterocycles. The summed E-state index contributed by atoms with van der Waals surface area (Å²) in [6.07, 6.45) is 3.27. The van der Waals surface area contributed by atoms with E-state index in [1.165, 1.54) is 6.08 Å². The van der Waals surface area contributed by atoms with E-state index in [1.54, 1.807) is 42.0 Å². The van der Waals surface area contributed by atoms with Crippen molar-refractivity contribution in [2.75, 3.05) is 11.9 Å². The average molecular weight is 452 g/mol. The molecule has 0 radical (unpaired) electrons. The van der Waals surface area contributed by atoms with Crippen LogP contribution in [-0.2, 0) is 20.9 Å². The third-order valence-corrected chi connectivity index (χ3v) is 4.72. The van der Waals surface area contributed by atoms with Crippen LogP contribution in [0.1, 0.15) is 12.5 Å². The van der Waals surface area contributed by atoms with Crippen LogP contribution in [0.4, 0.5) is 5.69 Å². The molecule has 6 nitrogen and oxygen atoms in total. The molecule has 7 heteroatoms. The molecule has 1 heterocycles. The molecule has 0 bridgehead atoms. The summed E-state index contributed by atoms with van der Waals surface area (Å²) in [5.41, 5.74) is 2.04. The zero-order chi connectivity index (χ0) is 20.8. The van der Waals surface area contributed by atoms with E-state index in [0.29, 0.717) is 17.9 Å². The predicted octanol–water partition coefficient (Wildman–Crippen LogP) is 4.51. The summed E-state index contributed by atoms with van der Waals surface area (Å²) in [4.78, 5) is 24.4. The number of nitrogens with zero attached hydrogens (tertiary/aromatic N) is 2. The second kappa shape index (κ2) is 9.22. The summed E-state index contributed by atoms with van der Waals surface area (Å²) in [6.45, 7) is 2.11. The Balaban J connectivity index is 1.92. The maximum atomic E-state index is 12.5. The number of nitrogens with one attached hydrogen (secondary N) is 1. The molecule has 0 saturated carbocycles. The monoisotopic (exact) mass is 451 g/mol. The molecule has 3 rings (SSSR count).